The number of carbonyl (C=O) groups excluding carboxylic acids is 1. The topological polar surface area (TPSA) is 26.3 Å². The van der Waals surface area contributed by atoms with Crippen molar-refractivity contribution in [2.75, 3.05) is 6.61 Å². The van der Waals surface area contributed by atoms with Gasteiger partial charge in [-0.3, -0.25) is 4.79 Å². The standard InChI is InChI=1S/C16H30O2Si/c1-14(9-8-10-15(2)13-17)11-12-18-19(6,7)16(3,4)5/h10-11,13H,8-9,12H2,1-7H3/b14-11+,15-10+. The molecular weight excluding hydrogens is 252 g/mol. The van der Waals surface area contributed by atoms with E-state index in [9.17, 15) is 4.79 Å². The number of rotatable bonds is 7. The third-order valence-corrected chi connectivity index (χ3v) is 8.37. The molecule has 0 aliphatic carbocycles. The van der Waals surface area contributed by atoms with E-state index in [1.807, 2.05) is 13.0 Å². The lowest BCUT2D eigenvalue weighted by Gasteiger charge is -2.35. The van der Waals surface area contributed by atoms with Crippen molar-refractivity contribution in [2.45, 2.75) is 65.6 Å². The summed E-state index contributed by atoms with van der Waals surface area (Å²) in [6.07, 6.45) is 6.97. The highest BCUT2D eigenvalue weighted by molar-refractivity contribution is 6.74. The highest BCUT2D eigenvalue weighted by atomic mass is 28.4. The van der Waals surface area contributed by atoms with Crippen molar-refractivity contribution in [3.05, 3.63) is 23.3 Å². The van der Waals surface area contributed by atoms with Gasteiger partial charge in [0.15, 0.2) is 8.32 Å². The SMILES string of the molecule is C/C(C=O)=C\CC/C(C)=C/CO[Si](C)(C)C(C)(C)C. The first kappa shape index (κ1) is 18.3. The summed E-state index contributed by atoms with van der Waals surface area (Å²) in [6, 6.07) is 0. The summed E-state index contributed by atoms with van der Waals surface area (Å²) >= 11 is 0. The minimum absolute atomic E-state index is 0.262. The fraction of sp³-hybridized carbons (Fsp3) is 0.688. The van der Waals surface area contributed by atoms with E-state index in [4.69, 9.17) is 4.43 Å². The Bertz CT molecular complexity index is 346. The molecule has 19 heavy (non-hydrogen) atoms. The number of hydrogen-bond donors (Lipinski definition) is 0. The first-order chi connectivity index (χ1) is 8.60. The molecule has 0 fully saturated rings. The Kier molecular flexibility index (Phi) is 7.53. The van der Waals surface area contributed by atoms with Crippen molar-refractivity contribution in [3.8, 4) is 0 Å². The molecule has 0 amide bonds. The smallest absolute Gasteiger partial charge is 0.192 e. The van der Waals surface area contributed by atoms with Gasteiger partial charge in [0, 0.05) is 0 Å². The van der Waals surface area contributed by atoms with Crippen molar-refractivity contribution in [3.63, 3.8) is 0 Å². The molecule has 0 bridgehead atoms. The molecule has 0 aromatic carbocycles. The van der Waals surface area contributed by atoms with Crippen molar-refractivity contribution in [2.24, 2.45) is 0 Å². The molecule has 0 rings (SSSR count). The molecule has 0 aromatic heterocycles. The molecule has 3 heteroatoms. The van der Waals surface area contributed by atoms with Crippen molar-refractivity contribution in [1.82, 2.24) is 0 Å². The summed E-state index contributed by atoms with van der Waals surface area (Å²) in [7, 11) is -1.63. The Morgan fingerprint density at radius 1 is 1.16 bits per heavy atom. The van der Waals surface area contributed by atoms with Gasteiger partial charge in [-0.25, -0.2) is 0 Å². The second-order valence-electron chi connectivity index (χ2n) is 6.73. The van der Waals surface area contributed by atoms with Gasteiger partial charge in [-0.05, 0) is 50.4 Å². The Morgan fingerprint density at radius 2 is 1.74 bits per heavy atom. The van der Waals surface area contributed by atoms with E-state index in [0.717, 1.165) is 24.7 Å². The van der Waals surface area contributed by atoms with E-state index in [0.29, 0.717) is 6.61 Å². The number of carbonyl (C=O) groups is 1. The zero-order valence-corrected chi connectivity index (χ0v) is 14.7. The maximum absolute atomic E-state index is 10.5. The fourth-order valence-corrected chi connectivity index (χ4v) is 2.22. The first-order valence-corrected chi connectivity index (χ1v) is 9.92. The third-order valence-electron chi connectivity index (χ3n) is 3.87. The van der Waals surface area contributed by atoms with Crippen LogP contribution in [0.5, 0.6) is 0 Å². The summed E-state index contributed by atoms with van der Waals surface area (Å²) < 4.78 is 6.10. The van der Waals surface area contributed by atoms with Crippen LogP contribution in [0.15, 0.2) is 23.3 Å². The number of hydrogen-bond acceptors (Lipinski definition) is 2. The molecule has 0 saturated heterocycles. The van der Waals surface area contributed by atoms with Gasteiger partial charge in [-0.2, -0.15) is 0 Å². The van der Waals surface area contributed by atoms with Crippen LogP contribution in [-0.2, 0) is 9.22 Å². The highest BCUT2D eigenvalue weighted by Crippen LogP contribution is 2.36. The molecule has 0 aromatic rings. The molecule has 0 unspecified atom stereocenters. The zero-order valence-electron chi connectivity index (χ0n) is 13.7. The predicted octanol–water partition coefficient (Wildman–Crippen LogP) is 4.88. The quantitative estimate of drug-likeness (QED) is 0.288. The molecule has 0 atom stereocenters. The van der Waals surface area contributed by atoms with Crippen LogP contribution >= 0.6 is 0 Å². The average molecular weight is 282 g/mol. The van der Waals surface area contributed by atoms with Gasteiger partial charge in [0.1, 0.15) is 6.29 Å². The van der Waals surface area contributed by atoms with Gasteiger partial charge in [0.2, 0.25) is 0 Å². The Balaban J connectivity index is 4.17. The molecule has 0 aliphatic rings. The summed E-state index contributed by atoms with van der Waals surface area (Å²) in [4.78, 5) is 10.5. The normalized spacial score (nSPS) is 14.7. The van der Waals surface area contributed by atoms with Crippen LogP contribution in [-0.4, -0.2) is 21.2 Å². The summed E-state index contributed by atoms with van der Waals surface area (Å²) in [5.74, 6) is 0. The molecule has 0 aliphatic heterocycles. The minimum atomic E-state index is -1.63. The summed E-state index contributed by atoms with van der Waals surface area (Å²) in [5.41, 5.74) is 2.14. The molecule has 0 N–H and O–H groups in total. The van der Waals surface area contributed by atoms with E-state index in [2.05, 4.69) is 46.9 Å². The van der Waals surface area contributed by atoms with Gasteiger partial charge in [-0.15, -0.1) is 0 Å². The van der Waals surface area contributed by atoms with Crippen LogP contribution in [0.4, 0.5) is 0 Å². The third kappa shape index (κ3) is 7.48. The van der Waals surface area contributed by atoms with Gasteiger partial charge in [0.25, 0.3) is 0 Å². The van der Waals surface area contributed by atoms with E-state index in [-0.39, 0.29) is 5.04 Å². The fourth-order valence-electron chi connectivity index (χ4n) is 1.29. The van der Waals surface area contributed by atoms with E-state index in [1.54, 1.807) is 0 Å². The maximum atomic E-state index is 10.5. The zero-order chi connectivity index (χ0) is 15.1. The molecular formula is C16H30O2Si. The molecule has 0 saturated carbocycles. The lowest BCUT2D eigenvalue weighted by atomic mass is 10.1. The number of allylic oxidation sites excluding steroid dienone is 3. The first-order valence-electron chi connectivity index (χ1n) is 7.01. The van der Waals surface area contributed by atoms with E-state index < -0.39 is 8.32 Å². The second kappa shape index (κ2) is 7.80. The minimum Gasteiger partial charge on any atom is -0.413 e. The van der Waals surface area contributed by atoms with Crippen LogP contribution in [0.1, 0.15) is 47.5 Å². The van der Waals surface area contributed by atoms with Crippen LogP contribution < -0.4 is 0 Å². The van der Waals surface area contributed by atoms with E-state index >= 15 is 0 Å². The van der Waals surface area contributed by atoms with Crippen LogP contribution in [0.3, 0.4) is 0 Å². The molecule has 110 valence electrons. The second-order valence-corrected chi connectivity index (χ2v) is 11.5. The van der Waals surface area contributed by atoms with Crippen molar-refractivity contribution in [1.29, 1.82) is 0 Å². The van der Waals surface area contributed by atoms with Gasteiger partial charge >= 0.3 is 0 Å². The number of aldehydes is 1. The highest BCUT2D eigenvalue weighted by Gasteiger charge is 2.36. The lowest BCUT2D eigenvalue weighted by molar-refractivity contribution is -0.104. The Morgan fingerprint density at radius 3 is 2.21 bits per heavy atom. The van der Waals surface area contributed by atoms with Crippen LogP contribution in [0.25, 0.3) is 0 Å². The monoisotopic (exact) mass is 282 g/mol. The molecule has 0 heterocycles. The Labute approximate surface area is 120 Å². The Hall–Kier alpha value is -0.673. The van der Waals surface area contributed by atoms with Gasteiger partial charge in [0.05, 0.1) is 6.61 Å². The summed E-state index contributed by atoms with van der Waals surface area (Å²) in [5, 5.41) is 0.262. The summed E-state index contributed by atoms with van der Waals surface area (Å²) in [6.45, 7) is 16.0. The molecule has 2 nitrogen and oxygen atoms in total. The van der Waals surface area contributed by atoms with Crippen LogP contribution in [0.2, 0.25) is 18.1 Å². The lowest BCUT2D eigenvalue weighted by Crippen LogP contribution is -2.40. The molecule has 0 spiro atoms. The molecule has 0 radical (unpaired) electrons. The van der Waals surface area contributed by atoms with Crippen LogP contribution in [0, 0.1) is 0 Å². The average Bonchev–Trinajstić information content (AvgIpc) is 2.26. The van der Waals surface area contributed by atoms with Gasteiger partial charge in [-0.1, -0.05) is 38.5 Å². The predicted molar refractivity (Wildman–Crippen MR) is 86.0 cm³/mol. The van der Waals surface area contributed by atoms with Gasteiger partial charge < -0.3 is 4.43 Å². The van der Waals surface area contributed by atoms with Crippen molar-refractivity contribution < 1.29 is 9.22 Å². The maximum Gasteiger partial charge on any atom is 0.192 e. The van der Waals surface area contributed by atoms with Crippen molar-refractivity contribution >= 4 is 14.6 Å². The largest absolute Gasteiger partial charge is 0.413 e. The van der Waals surface area contributed by atoms with E-state index in [1.165, 1.54) is 5.57 Å².